The van der Waals surface area contributed by atoms with Crippen molar-refractivity contribution in [2.75, 3.05) is 0 Å². The summed E-state index contributed by atoms with van der Waals surface area (Å²) in [5.74, 6) is 0.869. The molecule has 0 aliphatic rings. The summed E-state index contributed by atoms with van der Waals surface area (Å²) in [6, 6.07) is 19.1. The van der Waals surface area contributed by atoms with Gasteiger partial charge in [0.15, 0.2) is 0 Å². The minimum atomic E-state index is 0.429. The van der Waals surface area contributed by atoms with E-state index in [1.807, 2.05) is 30.3 Å². The second kappa shape index (κ2) is 4.86. The van der Waals surface area contributed by atoms with E-state index in [1.165, 1.54) is 0 Å². The molecule has 5 heteroatoms. The van der Waals surface area contributed by atoms with Crippen molar-refractivity contribution in [3.05, 3.63) is 60.2 Å². The summed E-state index contributed by atoms with van der Waals surface area (Å²) in [6.07, 6.45) is 0. The quantitative estimate of drug-likeness (QED) is 0.608. The van der Waals surface area contributed by atoms with Crippen LogP contribution in [0.4, 0.5) is 0 Å². The lowest BCUT2D eigenvalue weighted by atomic mass is 10.1. The highest BCUT2D eigenvalue weighted by Crippen LogP contribution is 2.26. The van der Waals surface area contributed by atoms with Gasteiger partial charge in [0, 0.05) is 16.5 Å². The van der Waals surface area contributed by atoms with Gasteiger partial charge >= 0.3 is 0 Å². The first-order valence-electron chi connectivity index (χ1n) is 6.76. The Morgan fingerprint density at radius 2 is 1.73 bits per heavy atom. The highest BCUT2D eigenvalue weighted by atomic mass is 16.4. The summed E-state index contributed by atoms with van der Waals surface area (Å²) in [5.41, 5.74) is 3.19. The van der Waals surface area contributed by atoms with Crippen molar-refractivity contribution >= 4 is 10.9 Å². The molecule has 0 bridgehead atoms. The van der Waals surface area contributed by atoms with E-state index in [1.54, 1.807) is 24.3 Å². The van der Waals surface area contributed by atoms with Crippen molar-refractivity contribution in [3.8, 4) is 29.1 Å². The van der Waals surface area contributed by atoms with Crippen LogP contribution in [0.15, 0.2) is 59.0 Å². The average molecular weight is 286 g/mol. The first-order chi connectivity index (χ1) is 10.8. The fourth-order valence-corrected chi connectivity index (χ4v) is 2.32. The van der Waals surface area contributed by atoms with Gasteiger partial charge in [0.2, 0.25) is 5.89 Å². The van der Waals surface area contributed by atoms with E-state index in [0.29, 0.717) is 17.3 Å². The van der Waals surface area contributed by atoms with Gasteiger partial charge in [-0.15, -0.1) is 10.2 Å². The summed E-state index contributed by atoms with van der Waals surface area (Å²) < 4.78 is 5.72. The molecule has 0 amide bonds. The minimum Gasteiger partial charge on any atom is -0.415 e. The lowest BCUT2D eigenvalue weighted by Crippen LogP contribution is -1.78. The van der Waals surface area contributed by atoms with Crippen molar-refractivity contribution < 1.29 is 4.42 Å². The van der Waals surface area contributed by atoms with Gasteiger partial charge in [-0.05, 0) is 36.4 Å². The van der Waals surface area contributed by atoms with Crippen LogP contribution in [0.1, 0.15) is 5.56 Å². The Bertz CT molecular complexity index is 956. The molecule has 0 aliphatic heterocycles. The molecule has 2 aromatic heterocycles. The molecule has 2 aromatic carbocycles. The number of hydrogen-bond donors (Lipinski definition) is 1. The summed E-state index contributed by atoms with van der Waals surface area (Å²) >= 11 is 0. The van der Waals surface area contributed by atoms with Crippen LogP contribution in [-0.2, 0) is 0 Å². The van der Waals surface area contributed by atoms with Gasteiger partial charge in [-0.1, -0.05) is 18.2 Å². The number of aromatic nitrogens is 3. The van der Waals surface area contributed by atoms with E-state index in [2.05, 4.69) is 21.3 Å². The summed E-state index contributed by atoms with van der Waals surface area (Å²) in [5, 5.41) is 18.1. The van der Waals surface area contributed by atoms with Crippen molar-refractivity contribution in [1.82, 2.24) is 15.2 Å². The number of nitrogens with zero attached hydrogens (tertiary/aromatic N) is 3. The lowest BCUT2D eigenvalue weighted by Gasteiger charge is -1.94. The molecule has 0 radical (unpaired) electrons. The normalized spacial score (nSPS) is 10.7. The van der Waals surface area contributed by atoms with Gasteiger partial charge < -0.3 is 9.40 Å². The Morgan fingerprint density at radius 3 is 2.50 bits per heavy atom. The van der Waals surface area contributed by atoms with Crippen molar-refractivity contribution in [2.45, 2.75) is 0 Å². The number of fused-ring (bicyclic) bond motifs is 1. The number of para-hydroxylation sites is 1. The Balaban J connectivity index is 1.72. The topological polar surface area (TPSA) is 78.5 Å². The van der Waals surface area contributed by atoms with Crippen LogP contribution in [-0.4, -0.2) is 15.2 Å². The Kier molecular flexibility index (Phi) is 2.73. The van der Waals surface area contributed by atoms with E-state index in [9.17, 15) is 0 Å². The molecule has 0 spiro atoms. The van der Waals surface area contributed by atoms with Crippen LogP contribution in [0, 0.1) is 11.3 Å². The van der Waals surface area contributed by atoms with Gasteiger partial charge in [0.1, 0.15) is 5.69 Å². The van der Waals surface area contributed by atoms with Crippen LogP contribution in [0.2, 0.25) is 0 Å². The van der Waals surface area contributed by atoms with Gasteiger partial charge in [0.25, 0.3) is 5.89 Å². The number of rotatable bonds is 2. The van der Waals surface area contributed by atoms with Gasteiger partial charge in [-0.25, -0.2) is 0 Å². The zero-order valence-electron chi connectivity index (χ0n) is 11.4. The van der Waals surface area contributed by atoms with E-state index >= 15 is 0 Å². The molecule has 5 nitrogen and oxygen atoms in total. The SMILES string of the molecule is N#Cc1ccc(-c2nnc(-c3cc4ccccc4[nH]3)o2)cc1. The number of nitriles is 1. The van der Waals surface area contributed by atoms with Gasteiger partial charge in [-0.2, -0.15) is 5.26 Å². The number of hydrogen-bond acceptors (Lipinski definition) is 4. The fourth-order valence-electron chi connectivity index (χ4n) is 2.32. The summed E-state index contributed by atoms with van der Waals surface area (Å²) in [4.78, 5) is 3.26. The van der Waals surface area contributed by atoms with Crippen LogP contribution < -0.4 is 0 Å². The van der Waals surface area contributed by atoms with Gasteiger partial charge in [-0.3, -0.25) is 0 Å². The lowest BCUT2D eigenvalue weighted by molar-refractivity contribution is 0.583. The fraction of sp³-hybridized carbons (Fsp3) is 0. The molecular weight excluding hydrogens is 276 g/mol. The molecule has 0 atom stereocenters. The molecule has 0 fully saturated rings. The molecule has 0 aliphatic carbocycles. The van der Waals surface area contributed by atoms with Crippen molar-refractivity contribution in [2.24, 2.45) is 0 Å². The molecule has 0 saturated heterocycles. The number of benzene rings is 2. The maximum atomic E-state index is 8.82. The monoisotopic (exact) mass is 286 g/mol. The molecular formula is C17H10N4O. The predicted octanol–water partition coefficient (Wildman–Crippen LogP) is 3.76. The molecule has 4 aromatic rings. The summed E-state index contributed by atoms with van der Waals surface area (Å²) in [6.45, 7) is 0. The molecule has 22 heavy (non-hydrogen) atoms. The zero-order chi connectivity index (χ0) is 14.9. The van der Waals surface area contributed by atoms with Crippen LogP contribution in [0.3, 0.4) is 0 Å². The standard InChI is InChI=1S/C17H10N4O/c18-10-11-5-7-12(8-6-11)16-20-21-17(22-16)15-9-13-3-1-2-4-14(13)19-15/h1-9,19H. The highest BCUT2D eigenvalue weighted by Gasteiger charge is 2.12. The molecule has 2 heterocycles. The summed E-state index contributed by atoms with van der Waals surface area (Å²) in [7, 11) is 0. The second-order valence-corrected chi connectivity index (χ2v) is 4.87. The Hall–Kier alpha value is -3.39. The van der Waals surface area contributed by atoms with E-state index in [-0.39, 0.29) is 0 Å². The minimum absolute atomic E-state index is 0.429. The number of H-pyrrole nitrogens is 1. The zero-order valence-corrected chi connectivity index (χ0v) is 11.4. The van der Waals surface area contributed by atoms with E-state index < -0.39 is 0 Å². The third-order valence-corrected chi connectivity index (χ3v) is 3.45. The molecule has 0 saturated carbocycles. The Labute approximate surface area is 125 Å². The Morgan fingerprint density at radius 1 is 0.955 bits per heavy atom. The van der Waals surface area contributed by atoms with Crippen molar-refractivity contribution in [3.63, 3.8) is 0 Å². The molecule has 1 N–H and O–H groups in total. The number of aromatic amines is 1. The molecule has 4 rings (SSSR count). The second-order valence-electron chi connectivity index (χ2n) is 4.87. The maximum Gasteiger partial charge on any atom is 0.264 e. The third kappa shape index (κ3) is 2.03. The van der Waals surface area contributed by atoms with Crippen LogP contribution in [0.5, 0.6) is 0 Å². The molecule has 0 unspecified atom stereocenters. The average Bonchev–Trinajstić information content (AvgIpc) is 3.21. The first-order valence-corrected chi connectivity index (χ1v) is 6.76. The largest absolute Gasteiger partial charge is 0.415 e. The third-order valence-electron chi connectivity index (χ3n) is 3.45. The predicted molar refractivity (Wildman–Crippen MR) is 81.7 cm³/mol. The van der Waals surface area contributed by atoms with E-state index in [0.717, 1.165) is 22.2 Å². The highest BCUT2D eigenvalue weighted by molar-refractivity contribution is 5.84. The smallest absolute Gasteiger partial charge is 0.264 e. The first kappa shape index (κ1) is 12.4. The van der Waals surface area contributed by atoms with Crippen LogP contribution >= 0.6 is 0 Å². The maximum absolute atomic E-state index is 8.82. The van der Waals surface area contributed by atoms with Crippen LogP contribution in [0.25, 0.3) is 33.9 Å². The van der Waals surface area contributed by atoms with E-state index in [4.69, 9.17) is 9.68 Å². The molecule has 104 valence electrons. The van der Waals surface area contributed by atoms with Gasteiger partial charge in [0.05, 0.1) is 11.6 Å². The number of nitrogens with one attached hydrogen (secondary N) is 1. The van der Waals surface area contributed by atoms with Crippen molar-refractivity contribution in [1.29, 1.82) is 5.26 Å².